The SMILES string of the molecule is Cc1c(Cl)cccc1S(=O)(=O)Nc1ccc(F)c(N)c1F. The molecule has 0 aliphatic heterocycles. The lowest BCUT2D eigenvalue weighted by Crippen LogP contribution is -2.16. The van der Waals surface area contributed by atoms with Crippen molar-refractivity contribution in [3.05, 3.63) is 52.6 Å². The highest BCUT2D eigenvalue weighted by Crippen LogP contribution is 2.28. The summed E-state index contributed by atoms with van der Waals surface area (Å²) < 4.78 is 53.4. The Bertz CT molecular complexity index is 810. The summed E-state index contributed by atoms with van der Waals surface area (Å²) in [6.45, 7) is 1.52. The smallest absolute Gasteiger partial charge is 0.262 e. The minimum atomic E-state index is -4.07. The van der Waals surface area contributed by atoms with Crippen LogP contribution in [-0.2, 0) is 10.0 Å². The second-order valence-electron chi connectivity index (χ2n) is 4.29. The number of benzene rings is 2. The van der Waals surface area contributed by atoms with Crippen LogP contribution in [0.5, 0.6) is 0 Å². The third-order valence-electron chi connectivity index (χ3n) is 2.88. The average Bonchev–Trinajstić information content (AvgIpc) is 2.42. The summed E-state index contributed by atoms with van der Waals surface area (Å²) in [6, 6.07) is 6.15. The Kier molecular flexibility index (Phi) is 4.06. The Morgan fingerprint density at radius 1 is 1.19 bits per heavy atom. The maximum atomic E-state index is 13.8. The number of halogens is 3. The topological polar surface area (TPSA) is 72.2 Å². The Hall–Kier alpha value is -1.86. The van der Waals surface area contributed by atoms with Gasteiger partial charge in [-0.2, -0.15) is 0 Å². The van der Waals surface area contributed by atoms with E-state index in [-0.39, 0.29) is 9.92 Å². The summed E-state index contributed by atoms with van der Waals surface area (Å²) in [5, 5.41) is 0.261. The van der Waals surface area contributed by atoms with E-state index in [4.69, 9.17) is 17.3 Å². The molecule has 0 heterocycles. The van der Waals surface area contributed by atoms with Gasteiger partial charge in [0.05, 0.1) is 10.6 Å². The van der Waals surface area contributed by atoms with Gasteiger partial charge in [-0.3, -0.25) is 4.72 Å². The van der Waals surface area contributed by atoms with Crippen LogP contribution in [0.2, 0.25) is 5.02 Å². The van der Waals surface area contributed by atoms with Crippen molar-refractivity contribution in [3.8, 4) is 0 Å². The predicted molar refractivity (Wildman–Crippen MR) is 77.8 cm³/mol. The zero-order valence-corrected chi connectivity index (χ0v) is 12.4. The highest BCUT2D eigenvalue weighted by Gasteiger charge is 2.21. The fourth-order valence-corrected chi connectivity index (χ4v) is 3.29. The van der Waals surface area contributed by atoms with Crippen molar-refractivity contribution >= 4 is 33.0 Å². The third-order valence-corrected chi connectivity index (χ3v) is 4.80. The molecule has 0 radical (unpaired) electrons. The molecule has 112 valence electrons. The minimum Gasteiger partial charge on any atom is -0.394 e. The number of rotatable bonds is 3. The van der Waals surface area contributed by atoms with Crippen LogP contribution < -0.4 is 10.5 Å². The molecule has 0 saturated heterocycles. The highest BCUT2D eigenvalue weighted by atomic mass is 35.5. The van der Waals surface area contributed by atoms with Gasteiger partial charge in [0.25, 0.3) is 10.0 Å². The van der Waals surface area contributed by atoms with Crippen molar-refractivity contribution in [3.63, 3.8) is 0 Å². The molecule has 2 rings (SSSR count). The molecular weight excluding hydrogens is 322 g/mol. The number of nitrogens with two attached hydrogens (primary N) is 1. The number of hydrogen-bond donors (Lipinski definition) is 2. The molecule has 0 unspecified atom stereocenters. The molecule has 4 nitrogen and oxygen atoms in total. The fourth-order valence-electron chi connectivity index (χ4n) is 1.73. The molecule has 0 bridgehead atoms. The quantitative estimate of drug-likeness (QED) is 0.847. The van der Waals surface area contributed by atoms with Crippen LogP contribution in [0.3, 0.4) is 0 Å². The van der Waals surface area contributed by atoms with Gasteiger partial charge < -0.3 is 5.73 Å². The second kappa shape index (κ2) is 5.50. The van der Waals surface area contributed by atoms with Gasteiger partial charge in [0, 0.05) is 5.02 Å². The first-order valence-corrected chi connectivity index (χ1v) is 7.61. The highest BCUT2D eigenvalue weighted by molar-refractivity contribution is 7.92. The van der Waals surface area contributed by atoms with Gasteiger partial charge in [-0.1, -0.05) is 17.7 Å². The van der Waals surface area contributed by atoms with Crippen LogP contribution in [-0.4, -0.2) is 8.42 Å². The van der Waals surface area contributed by atoms with E-state index in [2.05, 4.69) is 0 Å². The zero-order valence-electron chi connectivity index (χ0n) is 10.8. The summed E-state index contributed by atoms with van der Waals surface area (Å²) >= 11 is 5.86. The van der Waals surface area contributed by atoms with E-state index in [1.54, 1.807) is 0 Å². The standard InChI is InChI=1S/C13H11ClF2N2O2S/c1-7-8(14)3-2-4-11(7)21(19,20)18-10-6-5-9(15)13(17)12(10)16/h2-6,18H,17H2,1H3. The number of nitrogens with one attached hydrogen (secondary N) is 1. The van der Waals surface area contributed by atoms with Crippen LogP contribution >= 0.6 is 11.6 Å². The number of nitrogen functional groups attached to an aromatic ring is 1. The maximum Gasteiger partial charge on any atom is 0.262 e. The zero-order chi connectivity index (χ0) is 15.8. The Morgan fingerprint density at radius 3 is 2.52 bits per heavy atom. The summed E-state index contributed by atoms with van der Waals surface area (Å²) in [6.07, 6.45) is 0. The molecule has 0 aliphatic carbocycles. The normalized spacial score (nSPS) is 11.4. The Labute approximate surface area is 125 Å². The summed E-state index contributed by atoms with van der Waals surface area (Å²) in [5.74, 6) is -2.13. The van der Waals surface area contributed by atoms with E-state index >= 15 is 0 Å². The van der Waals surface area contributed by atoms with Crippen molar-refractivity contribution in [1.82, 2.24) is 0 Å². The molecule has 0 amide bonds. The van der Waals surface area contributed by atoms with Crippen molar-refractivity contribution in [1.29, 1.82) is 0 Å². The summed E-state index contributed by atoms with van der Waals surface area (Å²) in [7, 11) is -4.07. The van der Waals surface area contributed by atoms with Gasteiger partial charge in [0.1, 0.15) is 11.5 Å². The third kappa shape index (κ3) is 2.93. The maximum absolute atomic E-state index is 13.8. The molecule has 21 heavy (non-hydrogen) atoms. The lowest BCUT2D eigenvalue weighted by Gasteiger charge is -2.12. The molecular formula is C13H11ClF2N2O2S. The minimum absolute atomic E-state index is 0.0997. The van der Waals surface area contributed by atoms with E-state index < -0.39 is 33.0 Å². The lowest BCUT2D eigenvalue weighted by atomic mass is 10.2. The second-order valence-corrected chi connectivity index (χ2v) is 6.35. The Balaban J connectivity index is 2.48. The lowest BCUT2D eigenvalue weighted by molar-refractivity contribution is 0.589. The predicted octanol–water partition coefficient (Wildman–Crippen LogP) is 3.31. The van der Waals surface area contributed by atoms with Crippen molar-refractivity contribution in [2.75, 3.05) is 10.5 Å². The molecule has 0 aliphatic rings. The van der Waals surface area contributed by atoms with Gasteiger partial charge in [-0.05, 0) is 36.8 Å². The summed E-state index contributed by atoms with van der Waals surface area (Å²) in [5.41, 5.74) is 4.32. The van der Waals surface area contributed by atoms with E-state index in [1.165, 1.54) is 25.1 Å². The molecule has 0 spiro atoms. The molecule has 2 aromatic carbocycles. The average molecular weight is 333 g/mol. The van der Waals surface area contributed by atoms with Gasteiger partial charge in [0.2, 0.25) is 0 Å². The van der Waals surface area contributed by atoms with Crippen molar-refractivity contribution in [2.45, 2.75) is 11.8 Å². The monoisotopic (exact) mass is 332 g/mol. The first-order chi connectivity index (χ1) is 9.74. The van der Waals surface area contributed by atoms with Crippen molar-refractivity contribution in [2.24, 2.45) is 0 Å². The van der Waals surface area contributed by atoms with Crippen LogP contribution in [0.1, 0.15) is 5.56 Å². The van der Waals surface area contributed by atoms with Gasteiger partial charge in [-0.15, -0.1) is 0 Å². The van der Waals surface area contributed by atoms with Gasteiger partial charge in [-0.25, -0.2) is 17.2 Å². The van der Waals surface area contributed by atoms with Gasteiger partial charge in [0.15, 0.2) is 5.82 Å². The molecule has 0 atom stereocenters. The number of anilines is 2. The van der Waals surface area contributed by atoms with E-state index in [1.807, 2.05) is 4.72 Å². The van der Waals surface area contributed by atoms with E-state index in [0.29, 0.717) is 5.56 Å². The van der Waals surface area contributed by atoms with Crippen LogP contribution in [0, 0.1) is 18.6 Å². The first-order valence-electron chi connectivity index (χ1n) is 5.75. The Morgan fingerprint density at radius 2 is 1.86 bits per heavy atom. The number of hydrogen-bond acceptors (Lipinski definition) is 3. The molecule has 8 heteroatoms. The largest absolute Gasteiger partial charge is 0.394 e. The van der Waals surface area contributed by atoms with Crippen LogP contribution in [0.15, 0.2) is 35.2 Å². The van der Waals surface area contributed by atoms with E-state index in [0.717, 1.165) is 12.1 Å². The first kappa shape index (κ1) is 15.5. The molecule has 0 fully saturated rings. The fraction of sp³-hybridized carbons (Fsp3) is 0.0769. The number of sulfonamides is 1. The molecule has 3 N–H and O–H groups in total. The summed E-state index contributed by atoms with van der Waals surface area (Å²) in [4.78, 5) is -0.0997. The van der Waals surface area contributed by atoms with Crippen LogP contribution in [0.25, 0.3) is 0 Å². The van der Waals surface area contributed by atoms with E-state index in [9.17, 15) is 17.2 Å². The molecule has 0 saturated carbocycles. The molecule has 0 aromatic heterocycles. The van der Waals surface area contributed by atoms with Crippen molar-refractivity contribution < 1.29 is 17.2 Å². The molecule has 2 aromatic rings. The van der Waals surface area contributed by atoms with Gasteiger partial charge >= 0.3 is 0 Å². The van der Waals surface area contributed by atoms with Crippen LogP contribution in [0.4, 0.5) is 20.2 Å².